The second kappa shape index (κ2) is 14.2. The Morgan fingerprint density at radius 1 is 1.10 bits per heavy atom. The van der Waals surface area contributed by atoms with Crippen molar-refractivity contribution < 1.29 is 19.4 Å². The van der Waals surface area contributed by atoms with Gasteiger partial charge in [-0.2, -0.15) is 0 Å². The molecule has 0 radical (unpaired) electrons. The van der Waals surface area contributed by atoms with E-state index in [0.29, 0.717) is 6.61 Å². The maximum absolute atomic E-state index is 10.5. The molecule has 0 amide bonds. The molecule has 0 saturated heterocycles. The number of hydrogen-bond donors (Lipinski definition) is 1. The van der Waals surface area contributed by atoms with E-state index in [2.05, 4.69) is 32.1 Å². The third kappa shape index (κ3) is 10.3. The topological polar surface area (TPSA) is 55.8 Å². The zero-order chi connectivity index (χ0) is 22.4. The molecule has 1 heterocycles. The molecule has 1 aromatic carbocycles. The lowest BCUT2D eigenvalue weighted by Crippen LogP contribution is -2.34. The van der Waals surface area contributed by atoms with Crippen molar-refractivity contribution in [1.29, 1.82) is 0 Å². The molecule has 0 aromatic heterocycles. The van der Waals surface area contributed by atoms with Crippen LogP contribution in [0, 0.1) is 0 Å². The molecule has 2 rings (SSSR count). The van der Waals surface area contributed by atoms with E-state index in [-0.39, 0.29) is 12.0 Å². The van der Waals surface area contributed by atoms with Crippen LogP contribution in [0.1, 0.15) is 103 Å². The highest BCUT2D eigenvalue weighted by molar-refractivity contribution is 5.66. The highest BCUT2D eigenvalue weighted by Gasteiger charge is 2.29. The number of ether oxygens (including phenoxy) is 2. The van der Waals surface area contributed by atoms with Gasteiger partial charge in [0.05, 0.1) is 6.61 Å². The minimum Gasteiger partial charge on any atom is -0.494 e. The highest BCUT2D eigenvalue weighted by Crippen LogP contribution is 2.36. The maximum atomic E-state index is 10.5. The van der Waals surface area contributed by atoms with Gasteiger partial charge < -0.3 is 14.6 Å². The zero-order valence-corrected chi connectivity index (χ0v) is 19.7. The first-order chi connectivity index (χ1) is 15.0. The van der Waals surface area contributed by atoms with E-state index in [1.165, 1.54) is 37.7 Å². The van der Waals surface area contributed by atoms with Crippen molar-refractivity contribution in [3.05, 3.63) is 35.9 Å². The predicted molar refractivity (Wildman–Crippen MR) is 127 cm³/mol. The number of carboxylic acid groups (broad SMARTS) is 1. The standard InChI is InChI=1S/C27H42O4/c1-3-4-5-6-7-10-13-19-27(2)20-18-23-22-24(16-17-25(23)31-27)30-21-14-11-8-9-12-15-26(28)29/h13,16-17,19,22H,3-12,14-15,18,20-21H2,1-2H3,(H,28,29)/b19-13+. The smallest absolute Gasteiger partial charge is 0.303 e. The summed E-state index contributed by atoms with van der Waals surface area (Å²) < 4.78 is 12.3. The Morgan fingerprint density at radius 3 is 2.65 bits per heavy atom. The number of fused-ring (bicyclic) bond motifs is 1. The fourth-order valence-corrected chi connectivity index (χ4v) is 4.04. The Kier molecular flexibility index (Phi) is 11.6. The Bertz CT molecular complexity index is 682. The summed E-state index contributed by atoms with van der Waals surface area (Å²) in [5, 5.41) is 8.64. The van der Waals surface area contributed by atoms with Gasteiger partial charge in [0.1, 0.15) is 17.1 Å². The molecule has 1 N–H and O–H groups in total. The van der Waals surface area contributed by atoms with Crippen LogP contribution in [0.5, 0.6) is 11.5 Å². The number of aryl methyl sites for hydroxylation is 1. The molecule has 1 aromatic rings. The van der Waals surface area contributed by atoms with Gasteiger partial charge in [-0.15, -0.1) is 0 Å². The molecule has 1 atom stereocenters. The van der Waals surface area contributed by atoms with Crippen LogP contribution in [0.15, 0.2) is 30.4 Å². The molecular formula is C27H42O4. The third-order valence-electron chi connectivity index (χ3n) is 6.01. The minimum absolute atomic E-state index is 0.209. The van der Waals surface area contributed by atoms with Gasteiger partial charge in [0, 0.05) is 6.42 Å². The van der Waals surface area contributed by atoms with Gasteiger partial charge >= 0.3 is 5.97 Å². The van der Waals surface area contributed by atoms with E-state index in [1.54, 1.807) is 0 Å². The van der Waals surface area contributed by atoms with Gasteiger partial charge in [0.25, 0.3) is 0 Å². The summed E-state index contributed by atoms with van der Waals surface area (Å²) in [5.41, 5.74) is 1.02. The summed E-state index contributed by atoms with van der Waals surface area (Å²) in [6, 6.07) is 6.18. The molecule has 0 bridgehead atoms. The minimum atomic E-state index is -0.700. The van der Waals surface area contributed by atoms with Crippen molar-refractivity contribution >= 4 is 5.97 Å². The van der Waals surface area contributed by atoms with Crippen LogP contribution in [0.2, 0.25) is 0 Å². The van der Waals surface area contributed by atoms with Gasteiger partial charge in [-0.25, -0.2) is 0 Å². The van der Waals surface area contributed by atoms with Crippen LogP contribution >= 0.6 is 0 Å². The quantitative estimate of drug-likeness (QED) is 0.218. The first-order valence-electron chi connectivity index (χ1n) is 12.4. The summed E-state index contributed by atoms with van der Waals surface area (Å²) in [6.45, 7) is 5.14. The fraction of sp³-hybridized carbons (Fsp3) is 0.667. The summed E-state index contributed by atoms with van der Waals surface area (Å²) in [5.74, 6) is 1.19. The predicted octanol–water partition coefficient (Wildman–Crippen LogP) is 7.49. The molecule has 1 unspecified atom stereocenters. The Balaban J connectivity index is 1.67. The Morgan fingerprint density at radius 2 is 1.84 bits per heavy atom. The average molecular weight is 431 g/mol. The molecule has 4 nitrogen and oxygen atoms in total. The van der Waals surface area contributed by atoms with Crippen LogP contribution in [0.25, 0.3) is 0 Å². The van der Waals surface area contributed by atoms with Gasteiger partial charge in [0.2, 0.25) is 0 Å². The number of carbonyl (C=O) groups is 1. The molecule has 0 aliphatic carbocycles. The van der Waals surface area contributed by atoms with Gasteiger partial charge in [-0.3, -0.25) is 4.79 Å². The second-order valence-electron chi connectivity index (χ2n) is 9.05. The number of rotatable bonds is 16. The summed E-state index contributed by atoms with van der Waals surface area (Å²) in [7, 11) is 0. The first kappa shape index (κ1) is 25.3. The molecule has 0 spiro atoms. The van der Waals surface area contributed by atoms with Crippen molar-refractivity contribution in [3.63, 3.8) is 0 Å². The van der Waals surface area contributed by atoms with E-state index in [4.69, 9.17) is 14.6 Å². The van der Waals surface area contributed by atoms with Crippen LogP contribution in [0.4, 0.5) is 0 Å². The molecule has 1 aliphatic rings. The van der Waals surface area contributed by atoms with Gasteiger partial charge in [-0.05, 0) is 75.3 Å². The largest absolute Gasteiger partial charge is 0.494 e. The average Bonchev–Trinajstić information content (AvgIpc) is 2.75. The van der Waals surface area contributed by atoms with Crippen LogP contribution < -0.4 is 9.47 Å². The number of carboxylic acids is 1. The number of allylic oxidation sites excluding steroid dienone is 1. The molecule has 1 aliphatic heterocycles. The lowest BCUT2D eigenvalue weighted by atomic mass is 9.91. The summed E-state index contributed by atoms with van der Waals surface area (Å²) in [6.07, 6.45) is 19.5. The van der Waals surface area contributed by atoms with Crippen molar-refractivity contribution in [1.82, 2.24) is 0 Å². The van der Waals surface area contributed by atoms with Gasteiger partial charge in [-0.1, -0.05) is 57.9 Å². The number of unbranched alkanes of at least 4 members (excludes halogenated alkanes) is 9. The van der Waals surface area contributed by atoms with Crippen molar-refractivity contribution in [2.24, 2.45) is 0 Å². The Hall–Kier alpha value is -1.97. The fourth-order valence-electron chi connectivity index (χ4n) is 4.04. The lowest BCUT2D eigenvalue weighted by Gasteiger charge is -2.33. The lowest BCUT2D eigenvalue weighted by molar-refractivity contribution is -0.137. The van der Waals surface area contributed by atoms with Crippen molar-refractivity contribution in [2.45, 2.75) is 109 Å². The van der Waals surface area contributed by atoms with Crippen LogP contribution in [-0.4, -0.2) is 23.3 Å². The van der Waals surface area contributed by atoms with E-state index >= 15 is 0 Å². The van der Waals surface area contributed by atoms with E-state index in [1.807, 2.05) is 12.1 Å². The Labute approximate surface area is 189 Å². The van der Waals surface area contributed by atoms with Crippen molar-refractivity contribution in [3.8, 4) is 11.5 Å². The van der Waals surface area contributed by atoms with E-state index < -0.39 is 5.97 Å². The molecule has 174 valence electrons. The monoisotopic (exact) mass is 430 g/mol. The number of benzene rings is 1. The molecule has 4 heteroatoms. The summed E-state index contributed by atoms with van der Waals surface area (Å²) in [4.78, 5) is 10.5. The van der Waals surface area contributed by atoms with Crippen molar-refractivity contribution in [2.75, 3.05) is 6.61 Å². The van der Waals surface area contributed by atoms with Crippen LogP contribution in [-0.2, 0) is 11.2 Å². The zero-order valence-electron chi connectivity index (χ0n) is 19.7. The molecule has 0 fully saturated rings. The van der Waals surface area contributed by atoms with Gasteiger partial charge in [0.15, 0.2) is 0 Å². The second-order valence-corrected chi connectivity index (χ2v) is 9.05. The molecule has 31 heavy (non-hydrogen) atoms. The maximum Gasteiger partial charge on any atom is 0.303 e. The molecular weight excluding hydrogens is 388 g/mol. The number of hydrogen-bond acceptors (Lipinski definition) is 3. The SMILES string of the molecule is CCCCCCC/C=C/C1(C)CCc2cc(OCCCCCCCC(=O)O)ccc2O1. The molecule has 0 saturated carbocycles. The third-order valence-corrected chi connectivity index (χ3v) is 6.01. The first-order valence-corrected chi connectivity index (χ1v) is 12.4. The van der Waals surface area contributed by atoms with E-state index in [0.717, 1.165) is 62.9 Å². The summed E-state index contributed by atoms with van der Waals surface area (Å²) >= 11 is 0. The highest BCUT2D eigenvalue weighted by atomic mass is 16.5. The van der Waals surface area contributed by atoms with Crippen LogP contribution in [0.3, 0.4) is 0 Å². The van der Waals surface area contributed by atoms with E-state index in [9.17, 15) is 4.79 Å². The number of aliphatic carboxylic acids is 1. The normalized spacial score (nSPS) is 18.0.